The number of allylic oxidation sites excluding steroid dienone is 7. The van der Waals surface area contributed by atoms with Gasteiger partial charge < -0.3 is 5.11 Å². The smallest absolute Gasteiger partial charge is 0.341 e. The zero-order chi connectivity index (χ0) is 15.5. The maximum atomic E-state index is 12.3. The summed E-state index contributed by atoms with van der Waals surface area (Å²) in [4.78, 5) is 24.7. The molecule has 0 aliphatic rings. The fourth-order valence-electron chi connectivity index (χ4n) is 1.47. The van der Waals surface area contributed by atoms with Crippen molar-refractivity contribution in [3.63, 3.8) is 0 Å². The first-order chi connectivity index (χ1) is 9.53. The van der Waals surface area contributed by atoms with Gasteiger partial charge >= 0.3 is 5.97 Å². The summed E-state index contributed by atoms with van der Waals surface area (Å²) in [5.41, 5.74) is 0.327. The van der Waals surface area contributed by atoms with Gasteiger partial charge in [-0.2, -0.15) is 0 Å². The van der Waals surface area contributed by atoms with Crippen molar-refractivity contribution in [2.45, 2.75) is 27.7 Å². The number of carbonyl (C=O) groups is 2. The van der Waals surface area contributed by atoms with Gasteiger partial charge in [-0.3, -0.25) is 9.69 Å². The van der Waals surface area contributed by atoms with E-state index in [2.05, 4.69) is 0 Å². The van der Waals surface area contributed by atoms with Gasteiger partial charge in [-0.1, -0.05) is 30.4 Å². The number of rotatable bonds is 6. The Bertz CT molecular complexity index is 494. The number of carboxylic acid groups (broad SMARTS) is 1. The van der Waals surface area contributed by atoms with Gasteiger partial charge in [-0.05, 0) is 39.8 Å². The van der Waals surface area contributed by atoms with Crippen LogP contribution in [0.1, 0.15) is 27.7 Å². The van der Waals surface area contributed by atoms with Crippen molar-refractivity contribution < 1.29 is 14.7 Å². The maximum Gasteiger partial charge on any atom is 0.341 e. The van der Waals surface area contributed by atoms with Crippen molar-refractivity contribution in [3.05, 3.63) is 60.0 Å². The number of hydrogen-bond acceptors (Lipinski definition) is 2. The fraction of sp³-hybridized carbons (Fsp3) is 0.250. The lowest BCUT2D eigenvalue weighted by molar-refractivity contribution is -0.136. The van der Waals surface area contributed by atoms with E-state index in [0.29, 0.717) is 5.70 Å². The van der Waals surface area contributed by atoms with Crippen LogP contribution < -0.4 is 0 Å². The monoisotopic (exact) mass is 275 g/mol. The zero-order valence-corrected chi connectivity index (χ0v) is 12.3. The highest BCUT2D eigenvalue weighted by molar-refractivity contribution is 6.16. The summed E-state index contributed by atoms with van der Waals surface area (Å²) < 4.78 is 0. The molecule has 0 atom stereocenters. The molecule has 0 aromatic rings. The minimum absolute atomic E-state index is 0.265. The summed E-state index contributed by atoms with van der Waals surface area (Å²) >= 11 is 0. The van der Waals surface area contributed by atoms with Crippen LogP contribution in [0.3, 0.4) is 0 Å². The Balaban J connectivity index is 5.73. The minimum atomic E-state index is -1.24. The standard InChI is InChI=1S/C16H21NO3/c1-5-9-11-13(10-6-2)17(12-7-3)15(18)14(8-4)16(19)20/h5-12H,1-4H3,(H,19,20)/b9-5-,10-6-,12-7-,13-11+,14-8+. The molecule has 1 amide bonds. The molecule has 0 heterocycles. The van der Waals surface area contributed by atoms with Crippen molar-refractivity contribution in [3.8, 4) is 0 Å². The highest BCUT2D eigenvalue weighted by atomic mass is 16.4. The van der Waals surface area contributed by atoms with Gasteiger partial charge in [-0.25, -0.2) is 4.79 Å². The van der Waals surface area contributed by atoms with Crippen LogP contribution in [-0.2, 0) is 9.59 Å². The largest absolute Gasteiger partial charge is 0.478 e. The van der Waals surface area contributed by atoms with Crippen LogP contribution in [0.5, 0.6) is 0 Å². The third kappa shape index (κ3) is 5.10. The van der Waals surface area contributed by atoms with E-state index >= 15 is 0 Å². The molecular weight excluding hydrogens is 254 g/mol. The third-order valence-corrected chi connectivity index (χ3v) is 2.34. The minimum Gasteiger partial charge on any atom is -0.478 e. The first kappa shape index (κ1) is 17.6. The van der Waals surface area contributed by atoms with Crippen molar-refractivity contribution in [1.29, 1.82) is 0 Å². The van der Waals surface area contributed by atoms with Crippen LogP contribution in [0.15, 0.2) is 60.0 Å². The van der Waals surface area contributed by atoms with E-state index in [-0.39, 0.29) is 5.57 Å². The summed E-state index contributed by atoms with van der Waals surface area (Å²) in [6, 6.07) is 0. The molecule has 0 aromatic heterocycles. The first-order valence-corrected chi connectivity index (χ1v) is 6.35. The molecule has 0 bridgehead atoms. The van der Waals surface area contributed by atoms with Gasteiger partial charge in [0.1, 0.15) is 5.57 Å². The van der Waals surface area contributed by atoms with Crippen molar-refractivity contribution in [2.75, 3.05) is 0 Å². The second-order valence-corrected chi connectivity index (χ2v) is 3.78. The molecular formula is C16H21NO3. The van der Waals surface area contributed by atoms with E-state index in [4.69, 9.17) is 5.11 Å². The number of hydrogen-bond donors (Lipinski definition) is 1. The zero-order valence-electron chi connectivity index (χ0n) is 12.3. The average Bonchev–Trinajstić information content (AvgIpc) is 2.41. The Hall–Kier alpha value is -2.36. The second kappa shape index (κ2) is 9.55. The molecule has 0 fully saturated rings. The maximum absolute atomic E-state index is 12.3. The molecule has 0 aliphatic carbocycles. The van der Waals surface area contributed by atoms with E-state index in [0.717, 1.165) is 0 Å². The lowest BCUT2D eigenvalue weighted by Crippen LogP contribution is -2.29. The Morgan fingerprint density at radius 3 is 2.05 bits per heavy atom. The average molecular weight is 275 g/mol. The molecule has 0 spiro atoms. The summed E-state index contributed by atoms with van der Waals surface area (Å²) in [5.74, 6) is -1.81. The summed E-state index contributed by atoms with van der Waals surface area (Å²) in [6.07, 6.45) is 13.4. The molecule has 1 N–H and O–H groups in total. The number of carboxylic acids is 1. The number of carbonyl (C=O) groups excluding carboxylic acids is 1. The molecule has 0 saturated heterocycles. The topological polar surface area (TPSA) is 57.6 Å². The lowest BCUT2D eigenvalue weighted by atomic mass is 10.2. The van der Waals surface area contributed by atoms with Gasteiger partial charge in [0.25, 0.3) is 5.91 Å². The summed E-state index contributed by atoms with van der Waals surface area (Å²) in [6.45, 7) is 6.98. The number of nitrogens with zero attached hydrogens (tertiary/aromatic N) is 1. The summed E-state index contributed by atoms with van der Waals surface area (Å²) in [5, 5.41) is 9.06. The Morgan fingerprint density at radius 1 is 1.00 bits per heavy atom. The Labute approximate surface area is 120 Å². The van der Waals surface area contributed by atoms with E-state index in [9.17, 15) is 9.59 Å². The first-order valence-electron chi connectivity index (χ1n) is 6.35. The predicted octanol–water partition coefficient (Wildman–Crippen LogP) is 3.42. The van der Waals surface area contributed by atoms with Crippen LogP contribution in [0.4, 0.5) is 0 Å². The van der Waals surface area contributed by atoms with E-state index in [1.54, 1.807) is 43.5 Å². The van der Waals surface area contributed by atoms with E-state index in [1.807, 2.05) is 19.9 Å². The third-order valence-electron chi connectivity index (χ3n) is 2.34. The molecule has 4 nitrogen and oxygen atoms in total. The van der Waals surface area contributed by atoms with E-state index in [1.165, 1.54) is 17.9 Å². The molecule has 0 radical (unpaired) electrons. The van der Waals surface area contributed by atoms with Gasteiger partial charge in [0, 0.05) is 11.9 Å². The van der Waals surface area contributed by atoms with Crippen molar-refractivity contribution >= 4 is 11.9 Å². The predicted molar refractivity (Wildman–Crippen MR) is 80.8 cm³/mol. The molecule has 0 unspecified atom stereocenters. The van der Waals surface area contributed by atoms with Crippen LogP contribution in [0.25, 0.3) is 0 Å². The highest BCUT2D eigenvalue weighted by Gasteiger charge is 2.22. The molecule has 20 heavy (non-hydrogen) atoms. The van der Waals surface area contributed by atoms with Crippen LogP contribution in [0.2, 0.25) is 0 Å². The Morgan fingerprint density at radius 2 is 1.65 bits per heavy atom. The molecule has 0 aromatic carbocycles. The van der Waals surface area contributed by atoms with Gasteiger partial charge in [0.2, 0.25) is 0 Å². The van der Waals surface area contributed by atoms with E-state index < -0.39 is 11.9 Å². The Kier molecular flexibility index (Phi) is 8.43. The van der Waals surface area contributed by atoms with Crippen LogP contribution in [0, 0.1) is 0 Å². The van der Waals surface area contributed by atoms with Crippen molar-refractivity contribution in [2.24, 2.45) is 0 Å². The lowest BCUT2D eigenvalue weighted by Gasteiger charge is -2.19. The highest BCUT2D eigenvalue weighted by Crippen LogP contribution is 2.13. The summed E-state index contributed by atoms with van der Waals surface area (Å²) in [7, 11) is 0. The fourth-order valence-corrected chi connectivity index (χ4v) is 1.47. The molecule has 0 aliphatic heterocycles. The van der Waals surface area contributed by atoms with Crippen LogP contribution >= 0.6 is 0 Å². The second-order valence-electron chi connectivity index (χ2n) is 3.78. The SMILES string of the molecule is C\C=C/C=C(\C=C/C)N(/C=C\C)C(=O)/C(=C\C)C(=O)O. The molecule has 0 saturated carbocycles. The van der Waals surface area contributed by atoms with Crippen molar-refractivity contribution in [1.82, 2.24) is 4.90 Å². The van der Waals surface area contributed by atoms with Gasteiger partial charge in [0.15, 0.2) is 0 Å². The molecule has 0 rings (SSSR count). The van der Waals surface area contributed by atoms with Crippen LogP contribution in [-0.4, -0.2) is 21.9 Å². The molecule has 4 heteroatoms. The normalized spacial score (nSPS) is 13.6. The number of aliphatic carboxylic acids is 1. The number of amides is 1. The van der Waals surface area contributed by atoms with Gasteiger partial charge in [0.05, 0.1) is 0 Å². The quantitative estimate of drug-likeness (QED) is 0.350. The van der Waals surface area contributed by atoms with Gasteiger partial charge in [-0.15, -0.1) is 0 Å². The molecule has 108 valence electrons.